The van der Waals surface area contributed by atoms with Crippen LogP contribution in [0.2, 0.25) is 0 Å². The molecule has 4 nitrogen and oxygen atoms in total. The average Bonchev–Trinajstić information content (AvgIpc) is 2.39. The molecule has 2 fully saturated rings. The number of nitrogens with zero attached hydrogens (tertiary/aromatic N) is 1. The molecule has 1 aliphatic carbocycles. The standard InChI is InChI=1S/C14H26N2O2/c1-10-7-8-16(14(17)12(15)9-18-2)13-6-4-3-5-11(10)13/h10-13H,3-9,15H2,1-2H3. The summed E-state index contributed by atoms with van der Waals surface area (Å²) in [6.45, 7) is 3.53. The van der Waals surface area contributed by atoms with Gasteiger partial charge in [-0.1, -0.05) is 19.8 Å². The maximum absolute atomic E-state index is 12.4. The number of carbonyl (C=O) groups is 1. The molecule has 2 rings (SSSR count). The summed E-state index contributed by atoms with van der Waals surface area (Å²) < 4.78 is 5.00. The van der Waals surface area contributed by atoms with Crippen molar-refractivity contribution in [3.8, 4) is 0 Å². The van der Waals surface area contributed by atoms with Crippen molar-refractivity contribution in [2.24, 2.45) is 17.6 Å². The monoisotopic (exact) mass is 254 g/mol. The quantitative estimate of drug-likeness (QED) is 0.828. The Labute approximate surface area is 110 Å². The Kier molecular flexibility index (Phi) is 4.62. The van der Waals surface area contributed by atoms with E-state index in [-0.39, 0.29) is 5.91 Å². The van der Waals surface area contributed by atoms with Crippen LogP contribution in [0, 0.1) is 11.8 Å². The molecule has 1 saturated carbocycles. The van der Waals surface area contributed by atoms with Crippen molar-refractivity contribution in [1.29, 1.82) is 0 Å². The van der Waals surface area contributed by atoms with E-state index in [1.54, 1.807) is 7.11 Å². The number of amides is 1. The number of nitrogens with two attached hydrogens (primary N) is 1. The first-order chi connectivity index (χ1) is 8.65. The molecule has 1 saturated heterocycles. The lowest BCUT2D eigenvalue weighted by molar-refractivity contribution is -0.141. The van der Waals surface area contributed by atoms with Gasteiger partial charge in [0.25, 0.3) is 0 Å². The Morgan fingerprint density at radius 2 is 2.11 bits per heavy atom. The van der Waals surface area contributed by atoms with Crippen LogP contribution in [0.1, 0.15) is 39.0 Å². The van der Waals surface area contributed by atoms with E-state index in [0.717, 1.165) is 25.3 Å². The van der Waals surface area contributed by atoms with E-state index >= 15 is 0 Å². The SMILES string of the molecule is COCC(N)C(=O)N1CCC(C)C2CCCCC21. The lowest BCUT2D eigenvalue weighted by atomic mass is 9.72. The highest BCUT2D eigenvalue weighted by Crippen LogP contribution is 2.38. The number of hydrogen-bond acceptors (Lipinski definition) is 3. The molecule has 0 aromatic carbocycles. The zero-order valence-corrected chi connectivity index (χ0v) is 11.6. The molecular weight excluding hydrogens is 228 g/mol. The normalized spacial score (nSPS) is 33.9. The fourth-order valence-electron chi connectivity index (χ4n) is 3.65. The Balaban J connectivity index is 2.05. The molecule has 1 amide bonds. The number of methoxy groups -OCH3 is 1. The highest BCUT2D eigenvalue weighted by molar-refractivity contribution is 5.82. The van der Waals surface area contributed by atoms with Gasteiger partial charge in [0.1, 0.15) is 6.04 Å². The van der Waals surface area contributed by atoms with Gasteiger partial charge in [0.05, 0.1) is 6.61 Å². The fraction of sp³-hybridized carbons (Fsp3) is 0.929. The number of fused-ring (bicyclic) bond motifs is 1. The van der Waals surface area contributed by atoms with Crippen molar-refractivity contribution in [2.75, 3.05) is 20.3 Å². The third kappa shape index (κ3) is 2.69. The van der Waals surface area contributed by atoms with Gasteiger partial charge < -0.3 is 15.4 Å². The smallest absolute Gasteiger partial charge is 0.242 e. The van der Waals surface area contributed by atoms with E-state index in [1.807, 2.05) is 4.90 Å². The number of hydrogen-bond donors (Lipinski definition) is 1. The summed E-state index contributed by atoms with van der Waals surface area (Å²) in [5.74, 6) is 1.52. The van der Waals surface area contributed by atoms with Crippen LogP contribution in [0.15, 0.2) is 0 Å². The lowest BCUT2D eigenvalue weighted by Crippen LogP contribution is -2.57. The first-order valence-electron chi connectivity index (χ1n) is 7.20. The van der Waals surface area contributed by atoms with Crippen molar-refractivity contribution in [2.45, 2.75) is 51.1 Å². The molecule has 1 heterocycles. The minimum absolute atomic E-state index is 0.0839. The average molecular weight is 254 g/mol. The van der Waals surface area contributed by atoms with E-state index in [0.29, 0.717) is 18.6 Å². The molecule has 0 aromatic rings. The highest BCUT2D eigenvalue weighted by atomic mass is 16.5. The second-order valence-electron chi connectivity index (χ2n) is 5.88. The van der Waals surface area contributed by atoms with Crippen LogP contribution < -0.4 is 5.73 Å². The molecule has 4 unspecified atom stereocenters. The summed E-state index contributed by atoms with van der Waals surface area (Å²) >= 11 is 0. The fourth-order valence-corrected chi connectivity index (χ4v) is 3.65. The molecule has 0 bridgehead atoms. The Bertz CT molecular complexity index is 296. The summed E-state index contributed by atoms with van der Waals surface area (Å²) in [7, 11) is 1.59. The topological polar surface area (TPSA) is 55.6 Å². The van der Waals surface area contributed by atoms with E-state index in [9.17, 15) is 4.79 Å². The van der Waals surface area contributed by atoms with Crippen LogP contribution in [-0.4, -0.2) is 43.2 Å². The second kappa shape index (κ2) is 6.02. The number of piperidine rings is 1. The number of rotatable bonds is 3. The minimum atomic E-state index is -0.494. The van der Waals surface area contributed by atoms with Crippen molar-refractivity contribution in [3.63, 3.8) is 0 Å². The largest absolute Gasteiger partial charge is 0.383 e. The maximum Gasteiger partial charge on any atom is 0.242 e. The van der Waals surface area contributed by atoms with Crippen LogP contribution in [0.5, 0.6) is 0 Å². The zero-order valence-electron chi connectivity index (χ0n) is 11.6. The van der Waals surface area contributed by atoms with Crippen LogP contribution in [0.3, 0.4) is 0 Å². The van der Waals surface area contributed by atoms with Gasteiger partial charge in [-0.3, -0.25) is 4.79 Å². The van der Waals surface area contributed by atoms with Gasteiger partial charge in [0.2, 0.25) is 5.91 Å². The maximum atomic E-state index is 12.4. The van der Waals surface area contributed by atoms with Crippen molar-refractivity contribution in [3.05, 3.63) is 0 Å². The first-order valence-corrected chi connectivity index (χ1v) is 7.20. The third-order valence-corrected chi connectivity index (χ3v) is 4.68. The summed E-state index contributed by atoms with van der Waals surface area (Å²) in [6.07, 6.45) is 6.11. The van der Waals surface area contributed by atoms with Crippen LogP contribution >= 0.6 is 0 Å². The minimum Gasteiger partial charge on any atom is -0.383 e. The number of ether oxygens (including phenoxy) is 1. The molecule has 1 aliphatic heterocycles. The van der Waals surface area contributed by atoms with Crippen molar-refractivity contribution in [1.82, 2.24) is 4.90 Å². The predicted octanol–water partition coefficient (Wildman–Crippen LogP) is 1.39. The van der Waals surface area contributed by atoms with Gasteiger partial charge in [-0.2, -0.15) is 0 Å². The van der Waals surface area contributed by atoms with E-state index in [4.69, 9.17) is 10.5 Å². The molecule has 0 radical (unpaired) electrons. The molecule has 0 spiro atoms. The summed E-state index contributed by atoms with van der Waals surface area (Å²) in [6, 6.07) is -0.0658. The van der Waals surface area contributed by atoms with Crippen molar-refractivity contribution >= 4 is 5.91 Å². The molecule has 4 heteroatoms. The van der Waals surface area contributed by atoms with Gasteiger partial charge in [-0.05, 0) is 31.1 Å². The molecule has 104 valence electrons. The molecular formula is C14H26N2O2. The number of carbonyl (C=O) groups excluding carboxylic acids is 1. The van der Waals surface area contributed by atoms with Crippen LogP contribution in [0.25, 0.3) is 0 Å². The molecule has 2 aliphatic rings. The third-order valence-electron chi connectivity index (χ3n) is 4.68. The molecule has 4 atom stereocenters. The van der Waals surface area contributed by atoms with Crippen LogP contribution in [-0.2, 0) is 9.53 Å². The van der Waals surface area contributed by atoms with E-state index in [1.165, 1.54) is 19.3 Å². The molecule has 18 heavy (non-hydrogen) atoms. The van der Waals surface area contributed by atoms with E-state index in [2.05, 4.69) is 6.92 Å². The zero-order chi connectivity index (χ0) is 13.1. The van der Waals surface area contributed by atoms with Crippen LogP contribution in [0.4, 0.5) is 0 Å². The Morgan fingerprint density at radius 3 is 2.83 bits per heavy atom. The summed E-state index contributed by atoms with van der Waals surface area (Å²) in [4.78, 5) is 14.4. The second-order valence-corrected chi connectivity index (χ2v) is 5.88. The van der Waals surface area contributed by atoms with Gasteiger partial charge in [0, 0.05) is 19.7 Å². The Morgan fingerprint density at radius 1 is 1.39 bits per heavy atom. The lowest BCUT2D eigenvalue weighted by Gasteiger charge is -2.47. The first kappa shape index (κ1) is 13.8. The number of likely N-dealkylation sites (tertiary alicyclic amines) is 1. The van der Waals surface area contributed by atoms with Crippen molar-refractivity contribution < 1.29 is 9.53 Å². The summed E-state index contributed by atoms with van der Waals surface area (Å²) in [5, 5.41) is 0. The predicted molar refractivity (Wildman–Crippen MR) is 71.1 cm³/mol. The van der Waals surface area contributed by atoms with Gasteiger partial charge in [-0.15, -0.1) is 0 Å². The highest BCUT2D eigenvalue weighted by Gasteiger charge is 2.40. The summed E-state index contributed by atoms with van der Waals surface area (Å²) in [5.41, 5.74) is 5.90. The van der Waals surface area contributed by atoms with Gasteiger partial charge in [-0.25, -0.2) is 0 Å². The van der Waals surface area contributed by atoms with Gasteiger partial charge >= 0.3 is 0 Å². The Hall–Kier alpha value is -0.610. The van der Waals surface area contributed by atoms with E-state index < -0.39 is 6.04 Å². The molecule has 2 N–H and O–H groups in total. The molecule has 0 aromatic heterocycles. The van der Waals surface area contributed by atoms with Gasteiger partial charge in [0.15, 0.2) is 0 Å².